The first-order valence-corrected chi connectivity index (χ1v) is 10.2. The summed E-state index contributed by atoms with van der Waals surface area (Å²) < 4.78 is 7.75. The van der Waals surface area contributed by atoms with E-state index in [9.17, 15) is 0 Å². The van der Waals surface area contributed by atoms with Crippen LogP contribution in [0.15, 0.2) is 54.0 Å². The van der Waals surface area contributed by atoms with Crippen molar-refractivity contribution in [3.63, 3.8) is 0 Å². The number of aromatic nitrogens is 2. The quantitative estimate of drug-likeness (QED) is 0.547. The molecule has 3 aromatic rings. The van der Waals surface area contributed by atoms with E-state index < -0.39 is 0 Å². The number of ether oxygens (including phenoxy) is 1. The SMILES string of the molecule is c1ccc(Cn2cc(CNCCOCC3CC3)c(-c3cccs3)n2)cc1. The van der Waals surface area contributed by atoms with E-state index in [2.05, 4.69) is 53.3 Å². The van der Waals surface area contributed by atoms with Gasteiger partial charge in [0.25, 0.3) is 0 Å². The van der Waals surface area contributed by atoms with E-state index in [1.807, 2.05) is 10.7 Å². The van der Waals surface area contributed by atoms with Crippen molar-refractivity contribution in [1.29, 1.82) is 0 Å². The van der Waals surface area contributed by atoms with Crippen molar-refractivity contribution in [3.8, 4) is 10.6 Å². The molecule has 0 atom stereocenters. The highest BCUT2D eigenvalue weighted by atomic mass is 32.1. The zero-order valence-corrected chi connectivity index (χ0v) is 15.8. The molecule has 0 radical (unpaired) electrons. The molecule has 0 aliphatic heterocycles. The molecule has 1 fully saturated rings. The smallest absolute Gasteiger partial charge is 0.107 e. The van der Waals surface area contributed by atoms with E-state index in [1.165, 1.54) is 28.8 Å². The molecule has 4 nitrogen and oxygen atoms in total. The molecule has 0 bridgehead atoms. The summed E-state index contributed by atoms with van der Waals surface area (Å²) in [5.41, 5.74) is 3.59. The predicted octanol–water partition coefficient (Wildman–Crippen LogP) is 4.18. The molecular formula is C21H25N3OS. The second kappa shape index (κ2) is 8.62. The van der Waals surface area contributed by atoms with Gasteiger partial charge in [0.2, 0.25) is 0 Å². The molecular weight excluding hydrogens is 342 g/mol. The van der Waals surface area contributed by atoms with Crippen LogP contribution in [-0.4, -0.2) is 29.5 Å². The van der Waals surface area contributed by atoms with E-state index in [4.69, 9.17) is 9.84 Å². The summed E-state index contributed by atoms with van der Waals surface area (Å²) in [6.45, 7) is 4.19. The minimum absolute atomic E-state index is 0.781. The summed E-state index contributed by atoms with van der Waals surface area (Å²) in [5, 5.41) is 10.5. The molecule has 0 amide bonds. The molecule has 1 aliphatic carbocycles. The monoisotopic (exact) mass is 367 g/mol. The summed E-state index contributed by atoms with van der Waals surface area (Å²) in [6.07, 6.45) is 4.86. The molecule has 2 heterocycles. The van der Waals surface area contributed by atoms with E-state index in [0.29, 0.717) is 0 Å². The lowest BCUT2D eigenvalue weighted by Gasteiger charge is -2.05. The van der Waals surface area contributed by atoms with Crippen molar-refractivity contribution < 1.29 is 4.74 Å². The average molecular weight is 368 g/mol. The Kier molecular flexibility index (Phi) is 5.79. The van der Waals surface area contributed by atoms with Gasteiger partial charge in [-0.25, -0.2) is 0 Å². The second-order valence-electron chi connectivity index (χ2n) is 6.86. The van der Waals surface area contributed by atoms with Crippen LogP contribution >= 0.6 is 11.3 Å². The van der Waals surface area contributed by atoms with E-state index in [0.717, 1.165) is 44.5 Å². The third-order valence-electron chi connectivity index (χ3n) is 4.57. The minimum Gasteiger partial charge on any atom is -0.380 e. The zero-order valence-electron chi connectivity index (χ0n) is 14.9. The first kappa shape index (κ1) is 17.5. The van der Waals surface area contributed by atoms with Gasteiger partial charge >= 0.3 is 0 Å². The fourth-order valence-electron chi connectivity index (χ4n) is 2.97. The molecule has 136 valence electrons. The van der Waals surface area contributed by atoms with Gasteiger partial charge in [-0.15, -0.1) is 11.3 Å². The first-order valence-electron chi connectivity index (χ1n) is 9.31. The van der Waals surface area contributed by atoms with Crippen molar-refractivity contribution in [2.45, 2.75) is 25.9 Å². The highest BCUT2D eigenvalue weighted by Gasteiger charge is 2.20. The van der Waals surface area contributed by atoms with Gasteiger partial charge in [0.15, 0.2) is 0 Å². The fraction of sp³-hybridized carbons (Fsp3) is 0.381. The lowest BCUT2D eigenvalue weighted by Crippen LogP contribution is -2.19. The van der Waals surface area contributed by atoms with E-state index >= 15 is 0 Å². The molecule has 1 N–H and O–H groups in total. The summed E-state index contributed by atoms with van der Waals surface area (Å²) in [4.78, 5) is 1.22. The maximum absolute atomic E-state index is 5.70. The van der Waals surface area contributed by atoms with Crippen molar-refractivity contribution in [3.05, 3.63) is 65.2 Å². The number of nitrogens with zero attached hydrogens (tertiary/aromatic N) is 2. The van der Waals surface area contributed by atoms with Gasteiger partial charge in [-0.05, 0) is 35.8 Å². The van der Waals surface area contributed by atoms with Crippen LogP contribution in [0.5, 0.6) is 0 Å². The Morgan fingerprint density at radius 1 is 1.15 bits per heavy atom. The van der Waals surface area contributed by atoms with Crippen LogP contribution in [-0.2, 0) is 17.8 Å². The number of hydrogen-bond acceptors (Lipinski definition) is 4. The Morgan fingerprint density at radius 3 is 2.81 bits per heavy atom. The first-order chi connectivity index (χ1) is 12.9. The molecule has 0 saturated heterocycles. The standard InChI is InChI=1S/C21H25N3OS/c1-2-5-17(6-3-1)14-24-15-19(21(23-24)20-7-4-12-26-20)13-22-10-11-25-16-18-8-9-18/h1-7,12,15,18,22H,8-11,13-14,16H2. The van der Waals surface area contributed by atoms with Crippen LogP contribution < -0.4 is 5.32 Å². The van der Waals surface area contributed by atoms with E-state index in [-0.39, 0.29) is 0 Å². The maximum atomic E-state index is 5.70. The summed E-state index contributed by atoms with van der Waals surface area (Å²) >= 11 is 1.74. The van der Waals surface area contributed by atoms with Gasteiger partial charge < -0.3 is 10.1 Å². The molecule has 5 heteroatoms. The van der Waals surface area contributed by atoms with Gasteiger partial charge in [0, 0.05) is 31.5 Å². The Labute approximate surface area is 158 Å². The van der Waals surface area contributed by atoms with Crippen molar-refractivity contribution in [2.75, 3.05) is 19.8 Å². The van der Waals surface area contributed by atoms with E-state index in [1.54, 1.807) is 11.3 Å². The number of hydrogen-bond donors (Lipinski definition) is 1. The Balaban J connectivity index is 1.38. The molecule has 4 rings (SSSR count). The Bertz CT molecular complexity index is 794. The lowest BCUT2D eigenvalue weighted by atomic mass is 10.2. The zero-order chi connectivity index (χ0) is 17.6. The van der Waals surface area contributed by atoms with Crippen molar-refractivity contribution in [1.82, 2.24) is 15.1 Å². The highest BCUT2D eigenvalue weighted by Crippen LogP contribution is 2.29. The molecule has 1 aliphatic rings. The second-order valence-corrected chi connectivity index (χ2v) is 7.81. The number of rotatable bonds is 10. The van der Waals surface area contributed by atoms with Gasteiger partial charge in [-0.3, -0.25) is 4.68 Å². The maximum Gasteiger partial charge on any atom is 0.107 e. The van der Waals surface area contributed by atoms with Gasteiger partial charge in [0.05, 0.1) is 18.0 Å². The van der Waals surface area contributed by atoms with Crippen molar-refractivity contribution >= 4 is 11.3 Å². The van der Waals surface area contributed by atoms with Gasteiger partial charge in [0.1, 0.15) is 5.69 Å². The molecule has 1 aromatic carbocycles. The van der Waals surface area contributed by atoms with Crippen LogP contribution in [0, 0.1) is 5.92 Å². The Morgan fingerprint density at radius 2 is 2.04 bits per heavy atom. The molecule has 0 unspecified atom stereocenters. The van der Waals surface area contributed by atoms with Gasteiger partial charge in [-0.1, -0.05) is 36.4 Å². The largest absolute Gasteiger partial charge is 0.380 e. The van der Waals surface area contributed by atoms with Crippen LogP contribution in [0.4, 0.5) is 0 Å². The van der Waals surface area contributed by atoms with Crippen LogP contribution in [0.1, 0.15) is 24.0 Å². The van der Waals surface area contributed by atoms with Crippen LogP contribution in [0.3, 0.4) is 0 Å². The topological polar surface area (TPSA) is 39.1 Å². The minimum atomic E-state index is 0.781. The average Bonchev–Trinajstić information content (AvgIpc) is 3.16. The normalized spacial score (nSPS) is 14.0. The summed E-state index contributed by atoms with van der Waals surface area (Å²) in [6, 6.07) is 14.7. The molecule has 2 aromatic heterocycles. The summed E-state index contributed by atoms with van der Waals surface area (Å²) in [7, 11) is 0. The fourth-order valence-corrected chi connectivity index (χ4v) is 3.71. The van der Waals surface area contributed by atoms with Crippen LogP contribution in [0.2, 0.25) is 0 Å². The Hall–Kier alpha value is -1.95. The lowest BCUT2D eigenvalue weighted by molar-refractivity contribution is 0.126. The summed E-state index contributed by atoms with van der Waals surface area (Å²) in [5.74, 6) is 0.830. The highest BCUT2D eigenvalue weighted by molar-refractivity contribution is 7.13. The third kappa shape index (κ3) is 4.81. The number of thiophene rings is 1. The van der Waals surface area contributed by atoms with Crippen molar-refractivity contribution in [2.24, 2.45) is 5.92 Å². The third-order valence-corrected chi connectivity index (χ3v) is 5.45. The predicted molar refractivity (Wildman–Crippen MR) is 106 cm³/mol. The molecule has 26 heavy (non-hydrogen) atoms. The number of nitrogens with one attached hydrogen (secondary N) is 1. The number of benzene rings is 1. The van der Waals surface area contributed by atoms with Gasteiger partial charge in [-0.2, -0.15) is 5.10 Å². The molecule has 1 saturated carbocycles. The van der Waals surface area contributed by atoms with Crippen LogP contribution in [0.25, 0.3) is 10.6 Å². The molecule has 0 spiro atoms.